The zero-order chi connectivity index (χ0) is 12.7. The van der Waals surface area contributed by atoms with Crippen molar-refractivity contribution in [3.63, 3.8) is 0 Å². The topological polar surface area (TPSA) is 78.8 Å². The maximum absolute atomic E-state index is 8.65. The average molecular weight is 275 g/mol. The van der Waals surface area contributed by atoms with Crippen molar-refractivity contribution in [2.75, 3.05) is 12.4 Å². The first-order valence-corrected chi connectivity index (χ1v) is 6.67. The van der Waals surface area contributed by atoms with E-state index < -0.39 is 0 Å². The smallest absolute Gasteiger partial charge is 0.170 e. The highest BCUT2D eigenvalue weighted by atomic mass is 35.5. The molecule has 1 aromatic rings. The Kier molecular flexibility index (Phi) is 6.18. The zero-order valence-electron chi connectivity index (χ0n) is 9.27. The van der Waals surface area contributed by atoms with Gasteiger partial charge in [-0.3, -0.25) is 0 Å². The predicted molar refractivity (Wildman–Crippen MR) is 71.8 cm³/mol. The molecule has 0 aromatic heterocycles. The van der Waals surface area contributed by atoms with Crippen molar-refractivity contribution in [3.8, 4) is 0 Å². The summed E-state index contributed by atoms with van der Waals surface area (Å²) in [5, 5.41) is 20.7. The van der Waals surface area contributed by atoms with E-state index in [9.17, 15) is 0 Å². The highest BCUT2D eigenvalue weighted by Crippen LogP contribution is 2.22. The lowest BCUT2D eigenvalue weighted by molar-refractivity contribution is 0.296. The van der Waals surface area contributed by atoms with Gasteiger partial charge in [-0.15, -0.1) is 0 Å². The number of nitrogens with zero attached hydrogens (tertiary/aromatic N) is 1. The van der Waals surface area contributed by atoms with Crippen LogP contribution >= 0.6 is 23.4 Å². The highest BCUT2D eigenvalue weighted by Gasteiger charge is 2.05. The summed E-state index contributed by atoms with van der Waals surface area (Å²) in [4.78, 5) is 0. The molecule has 6 heteroatoms. The lowest BCUT2D eigenvalue weighted by Gasteiger charge is -2.06. The summed E-state index contributed by atoms with van der Waals surface area (Å²) in [5.74, 6) is 1.73. The van der Waals surface area contributed by atoms with E-state index in [1.807, 2.05) is 6.07 Å². The van der Waals surface area contributed by atoms with E-state index in [2.05, 4.69) is 5.16 Å². The Morgan fingerprint density at radius 2 is 2.24 bits per heavy atom. The predicted octanol–water partition coefficient (Wildman–Crippen LogP) is 2.05. The van der Waals surface area contributed by atoms with Gasteiger partial charge in [-0.25, -0.2) is 0 Å². The van der Waals surface area contributed by atoms with Crippen LogP contribution in [0.15, 0.2) is 23.4 Å². The van der Waals surface area contributed by atoms with E-state index in [1.54, 1.807) is 23.9 Å². The molecular formula is C11H15ClN2O2S. The van der Waals surface area contributed by atoms with Gasteiger partial charge in [0, 0.05) is 22.9 Å². The van der Waals surface area contributed by atoms with Gasteiger partial charge in [0.25, 0.3) is 0 Å². The molecule has 0 spiro atoms. The van der Waals surface area contributed by atoms with Crippen LogP contribution in [0.4, 0.5) is 0 Å². The fraction of sp³-hybridized carbons (Fsp3) is 0.364. The number of nitrogens with two attached hydrogens (primary N) is 1. The molecule has 0 heterocycles. The van der Waals surface area contributed by atoms with Crippen molar-refractivity contribution in [1.29, 1.82) is 0 Å². The minimum absolute atomic E-state index is 0.0476. The first-order chi connectivity index (χ1) is 8.19. The number of halogens is 1. The molecule has 17 heavy (non-hydrogen) atoms. The summed E-state index contributed by atoms with van der Waals surface area (Å²) in [6, 6.07) is 5.31. The molecule has 0 radical (unpaired) electrons. The van der Waals surface area contributed by atoms with E-state index in [4.69, 9.17) is 27.6 Å². The third-order valence-corrected chi connectivity index (χ3v) is 3.61. The number of thioether (sulfide) groups is 1. The average Bonchev–Trinajstić information content (AvgIpc) is 2.35. The zero-order valence-corrected chi connectivity index (χ0v) is 10.8. The van der Waals surface area contributed by atoms with Crippen molar-refractivity contribution in [1.82, 2.24) is 0 Å². The molecule has 0 aliphatic carbocycles. The van der Waals surface area contributed by atoms with Crippen LogP contribution in [-0.4, -0.2) is 28.5 Å². The second-order valence-electron chi connectivity index (χ2n) is 3.42. The van der Waals surface area contributed by atoms with E-state index in [1.165, 1.54) is 0 Å². The Morgan fingerprint density at radius 1 is 1.47 bits per heavy atom. The van der Waals surface area contributed by atoms with Gasteiger partial charge >= 0.3 is 0 Å². The molecule has 0 aliphatic rings. The number of benzene rings is 1. The monoisotopic (exact) mass is 274 g/mol. The van der Waals surface area contributed by atoms with Gasteiger partial charge in [-0.05, 0) is 23.8 Å². The molecule has 0 aliphatic heterocycles. The molecule has 94 valence electrons. The van der Waals surface area contributed by atoms with Gasteiger partial charge < -0.3 is 16.0 Å². The Balaban J connectivity index is 2.63. The summed E-state index contributed by atoms with van der Waals surface area (Å²) in [6.45, 7) is 0.211. The quantitative estimate of drug-likeness (QED) is 0.244. The number of rotatable bonds is 6. The minimum Gasteiger partial charge on any atom is -0.409 e. The Morgan fingerprint density at radius 3 is 2.82 bits per heavy atom. The Bertz CT molecular complexity index is 399. The van der Waals surface area contributed by atoms with E-state index in [-0.39, 0.29) is 12.4 Å². The van der Waals surface area contributed by atoms with Gasteiger partial charge in [0.1, 0.15) is 0 Å². The molecule has 0 unspecified atom stereocenters. The number of aliphatic hydroxyl groups is 1. The molecule has 0 saturated carbocycles. The van der Waals surface area contributed by atoms with Crippen LogP contribution in [-0.2, 0) is 5.75 Å². The van der Waals surface area contributed by atoms with Crippen molar-refractivity contribution in [2.24, 2.45) is 10.9 Å². The van der Waals surface area contributed by atoms with Crippen molar-refractivity contribution in [3.05, 3.63) is 34.3 Å². The summed E-state index contributed by atoms with van der Waals surface area (Å²) < 4.78 is 0. The van der Waals surface area contributed by atoms with Crippen LogP contribution in [0.25, 0.3) is 0 Å². The minimum atomic E-state index is 0.0476. The SMILES string of the molecule is N/C(=N/O)c1ccc(CSCCCO)c(Cl)c1. The van der Waals surface area contributed by atoms with Gasteiger partial charge in [-0.2, -0.15) is 11.8 Å². The molecule has 4 nitrogen and oxygen atoms in total. The van der Waals surface area contributed by atoms with Crippen LogP contribution in [0.2, 0.25) is 5.02 Å². The molecule has 0 bridgehead atoms. The van der Waals surface area contributed by atoms with Crippen LogP contribution in [0.5, 0.6) is 0 Å². The molecule has 0 atom stereocenters. The molecule has 0 fully saturated rings. The number of oxime groups is 1. The summed E-state index contributed by atoms with van der Waals surface area (Å²) in [6.07, 6.45) is 0.782. The lowest BCUT2D eigenvalue weighted by atomic mass is 10.1. The van der Waals surface area contributed by atoms with Crippen LogP contribution in [0, 0.1) is 0 Å². The standard InChI is InChI=1S/C11H15ClN2O2S/c12-10-6-8(11(13)14-16)2-3-9(10)7-17-5-1-4-15/h2-3,6,15-16H,1,4-5,7H2,(H2,13,14). The fourth-order valence-corrected chi connectivity index (χ4v) is 2.51. The van der Waals surface area contributed by atoms with Crippen LogP contribution in [0.1, 0.15) is 17.5 Å². The number of aliphatic hydroxyl groups excluding tert-OH is 1. The van der Waals surface area contributed by atoms with Gasteiger partial charge in [-0.1, -0.05) is 28.9 Å². The molecular weight excluding hydrogens is 260 g/mol. The largest absolute Gasteiger partial charge is 0.409 e. The number of hydrogen-bond donors (Lipinski definition) is 3. The first-order valence-electron chi connectivity index (χ1n) is 5.14. The summed E-state index contributed by atoms with van der Waals surface area (Å²) >= 11 is 7.80. The highest BCUT2D eigenvalue weighted by molar-refractivity contribution is 7.98. The summed E-state index contributed by atoms with van der Waals surface area (Å²) in [7, 11) is 0. The maximum atomic E-state index is 8.65. The Hall–Kier alpha value is -0.910. The van der Waals surface area contributed by atoms with Crippen LogP contribution < -0.4 is 5.73 Å². The van der Waals surface area contributed by atoms with Crippen molar-refractivity contribution >= 4 is 29.2 Å². The molecule has 0 amide bonds. The number of amidine groups is 1. The molecule has 0 saturated heterocycles. The van der Waals surface area contributed by atoms with E-state index in [0.717, 1.165) is 23.5 Å². The normalized spacial score (nSPS) is 11.8. The Labute approximate surface area is 109 Å². The van der Waals surface area contributed by atoms with Crippen molar-refractivity contribution in [2.45, 2.75) is 12.2 Å². The second-order valence-corrected chi connectivity index (χ2v) is 4.93. The van der Waals surface area contributed by atoms with Gasteiger partial charge in [0.15, 0.2) is 5.84 Å². The lowest BCUT2D eigenvalue weighted by Crippen LogP contribution is -2.13. The van der Waals surface area contributed by atoms with Crippen molar-refractivity contribution < 1.29 is 10.3 Å². The second kappa shape index (κ2) is 7.42. The first kappa shape index (κ1) is 14.2. The molecule has 1 rings (SSSR count). The fourth-order valence-electron chi connectivity index (χ4n) is 1.23. The molecule has 1 aromatic carbocycles. The van der Waals surface area contributed by atoms with E-state index in [0.29, 0.717) is 10.6 Å². The third-order valence-electron chi connectivity index (χ3n) is 2.16. The third kappa shape index (κ3) is 4.46. The van der Waals surface area contributed by atoms with Crippen LogP contribution in [0.3, 0.4) is 0 Å². The maximum Gasteiger partial charge on any atom is 0.170 e. The summed E-state index contributed by atoms with van der Waals surface area (Å²) in [5.41, 5.74) is 7.06. The van der Waals surface area contributed by atoms with Gasteiger partial charge in [0.2, 0.25) is 0 Å². The van der Waals surface area contributed by atoms with E-state index >= 15 is 0 Å². The number of hydrogen-bond acceptors (Lipinski definition) is 4. The molecule has 4 N–H and O–H groups in total. The van der Waals surface area contributed by atoms with Gasteiger partial charge in [0.05, 0.1) is 0 Å².